The third-order valence-corrected chi connectivity index (χ3v) is 7.06. The monoisotopic (exact) mass is 469 g/mol. The van der Waals surface area contributed by atoms with E-state index < -0.39 is 11.0 Å². The molecule has 0 saturated carbocycles. The Morgan fingerprint density at radius 1 is 1.03 bits per heavy atom. The molecule has 0 spiro atoms. The van der Waals surface area contributed by atoms with E-state index in [1.165, 1.54) is 11.0 Å². The van der Waals surface area contributed by atoms with Crippen molar-refractivity contribution in [2.75, 3.05) is 10.6 Å². The normalized spacial score (nSPS) is 15.8. The Morgan fingerprint density at radius 3 is 2.65 bits per heavy atom. The van der Waals surface area contributed by atoms with E-state index in [4.69, 9.17) is 10.8 Å². The first-order valence-electron chi connectivity index (χ1n) is 10.6. The number of rotatable bonds is 3. The predicted octanol–water partition coefficient (Wildman–Crippen LogP) is 5.13. The van der Waals surface area contributed by atoms with Gasteiger partial charge in [0.15, 0.2) is 5.96 Å². The molecule has 0 bridgehead atoms. The van der Waals surface area contributed by atoms with Gasteiger partial charge in [-0.05, 0) is 43.3 Å². The number of guanidine groups is 1. The third kappa shape index (κ3) is 3.19. The van der Waals surface area contributed by atoms with Crippen LogP contribution in [0, 0.1) is 17.0 Å². The Balaban J connectivity index is 1.46. The summed E-state index contributed by atoms with van der Waals surface area (Å²) in [6.07, 6.45) is 0. The average molecular weight is 470 g/mol. The Kier molecular flexibility index (Phi) is 4.56. The second kappa shape index (κ2) is 7.63. The molecular formula is C24H19N7O2S. The zero-order chi connectivity index (χ0) is 23.4. The number of aliphatic imine (C=N–C) groups is 1. The number of benzene rings is 3. The van der Waals surface area contributed by atoms with Gasteiger partial charge in [-0.25, -0.2) is 9.67 Å². The van der Waals surface area contributed by atoms with Crippen LogP contribution in [0.25, 0.3) is 5.69 Å². The van der Waals surface area contributed by atoms with Crippen LogP contribution in [0.1, 0.15) is 22.9 Å². The summed E-state index contributed by atoms with van der Waals surface area (Å²) in [6.45, 7) is 1.87. The Hall–Kier alpha value is -4.31. The van der Waals surface area contributed by atoms with Crippen LogP contribution in [0.3, 0.4) is 0 Å². The maximum absolute atomic E-state index is 11.7. The van der Waals surface area contributed by atoms with Gasteiger partial charge in [-0.15, -0.1) is 0 Å². The lowest BCUT2D eigenvalue weighted by atomic mass is 9.96. The van der Waals surface area contributed by atoms with E-state index in [0.717, 1.165) is 27.5 Å². The van der Waals surface area contributed by atoms with Gasteiger partial charge >= 0.3 is 0 Å². The molecule has 1 aromatic heterocycles. The van der Waals surface area contributed by atoms with E-state index in [9.17, 15) is 10.1 Å². The van der Waals surface area contributed by atoms with Crippen LogP contribution in [-0.2, 0) is 0 Å². The molecule has 1 atom stereocenters. The van der Waals surface area contributed by atoms with Crippen molar-refractivity contribution in [1.29, 1.82) is 0 Å². The van der Waals surface area contributed by atoms with Crippen LogP contribution in [0.5, 0.6) is 0 Å². The van der Waals surface area contributed by atoms with Gasteiger partial charge in [-0.3, -0.25) is 10.1 Å². The molecule has 0 radical (unpaired) electrons. The van der Waals surface area contributed by atoms with Crippen molar-refractivity contribution in [2.45, 2.75) is 22.8 Å². The van der Waals surface area contributed by atoms with Crippen molar-refractivity contribution in [3.05, 3.63) is 93.7 Å². The molecule has 4 N–H and O–H groups in total. The number of nitrogens with zero attached hydrogens (tertiary/aromatic N) is 4. The highest BCUT2D eigenvalue weighted by Gasteiger charge is 2.33. The minimum Gasteiger partial charge on any atom is -0.370 e. The van der Waals surface area contributed by atoms with Gasteiger partial charge in [0.25, 0.3) is 5.69 Å². The van der Waals surface area contributed by atoms with E-state index >= 15 is 0 Å². The van der Waals surface area contributed by atoms with Crippen LogP contribution in [0.15, 0.2) is 81.5 Å². The molecule has 3 heterocycles. The first kappa shape index (κ1) is 20.3. The number of aromatic nitrogens is 2. The molecule has 10 heteroatoms. The quantitative estimate of drug-likeness (QED) is 0.247. The fraction of sp³-hybridized carbons (Fsp3) is 0.0833. The molecule has 34 heavy (non-hydrogen) atoms. The predicted molar refractivity (Wildman–Crippen MR) is 132 cm³/mol. The van der Waals surface area contributed by atoms with Crippen LogP contribution in [0.2, 0.25) is 0 Å². The molecule has 0 aliphatic carbocycles. The van der Waals surface area contributed by atoms with Crippen LogP contribution in [-0.4, -0.2) is 20.7 Å². The van der Waals surface area contributed by atoms with Gasteiger partial charge in [0.2, 0.25) is 0 Å². The number of nitro benzene ring substituents is 1. The fourth-order valence-corrected chi connectivity index (χ4v) is 5.37. The lowest BCUT2D eigenvalue weighted by Gasteiger charge is -2.23. The van der Waals surface area contributed by atoms with Gasteiger partial charge in [0.1, 0.15) is 11.9 Å². The summed E-state index contributed by atoms with van der Waals surface area (Å²) in [5.74, 6) is 0.828. The number of aryl methyl sites for hydroxylation is 1. The Bertz CT molecular complexity index is 1510. The topological polar surface area (TPSA) is 123 Å². The molecule has 0 saturated heterocycles. The number of para-hydroxylation sites is 2. The fourth-order valence-electron chi connectivity index (χ4n) is 4.40. The van der Waals surface area contributed by atoms with Crippen LogP contribution < -0.4 is 16.4 Å². The summed E-state index contributed by atoms with van der Waals surface area (Å²) in [5.41, 5.74) is 11.0. The molecule has 2 aliphatic heterocycles. The smallest absolute Gasteiger partial charge is 0.275 e. The highest BCUT2D eigenvalue weighted by Crippen LogP contribution is 2.45. The summed E-state index contributed by atoms with van der Waals surface area (Å²) < 4.78 is 1.78. The molecule has 3 aromatic carbocycles. The minimum atomic E-state index is -0.634. The van der Waals surface area contributed by atoms with Gasteiger partial charge in [0, 0.05) is 21.4 Å². The summed E-state index contributed by atoms with van der Waals surface area (Å²) in [4.78, 5) is 18.1. The van der Waals surface area contributed by atoms with E-state index in [2.05, 4.69) is 27.8 Å². The van der Waals surface area contributed by atoms with Crippen molar-refractivity contribution in [3.63, 3.8) is 0 Å². The minimum absolute atomic E-state index is 0.00211. The lowest BCUT2D eigenvalue weighted by Crippen LogP contribution is -2.29. The van der Waals surface area contributed by atoms with E-state index in [-0.39, 0.29) is 11.6 Å². The highest BCUT2D eigenvalue weighted by molar-refractivity contribution is 7.99. The highest BCUT2D eigenvalue weighted by atomic mass is 32.2. The summed E-state index contributed by atoms with van der Waals surface area (Å²) in [7, 11) is 0. The molecule has 1 unspecified atom stereocenters. The van der Waals surface area contributed by atoms with Gasteiger partial charge in [-0.2, -0.15) is 5.10 Å². The molecule has 0 amide bonds. The zero-order valence-corrected chi connectivity index (χ0v) is 18.8. The van der Waals surface area contributed by atoms with Crippen molar-refractivity contribution >= 4 is 40.6 Å². The zero-order valence-electron chi connectivity index (χ0n) is 18.0. The van der Waals surface area contributed by atoms with Crippen LogP contribution >= 0.6 is 11.8 Å². The van der Waals surface area contributed by atoms with Gasteiger partial charge in [0.05, 0.1) is 33.2 Å². The largest absolute Gasteiger partial charge is 0.370 e. The number of nitrogens with two attached hydrogens (primary N) is 1. The number of hydrogen-bond acceptors (Lipinski definition) is 8. The van der Waals surface area contributed by atoms with Gasteiger partial charge in [-0.1, -0.05) is 36.0 Å². The van der Waals surface area contributed by atoms with E-state index in [1.807, 2.05) is 37.3 Å². The van der Waals surface area contributed by atoms with Crippen molar-refractivity contribution in [1.82, 2.24) is 9.78 Å². The standard InChI is InChI=1S/C24H19N7O2S/c1-13-21-22(15-6-2-4-8-18(15)31(32)33)27-24(25)28-23(21)30(29-13)14-10-11-20-17(12-14)26-16-7-3-5-9-19(16)34-20/h2-12,22,26H,1H3,(H3,25,27,28). The maximum Gasteiger partial charge on any atom is 0.275 e. The Morgan fingerprint density at radius 2 is 1.79 bits per heavy atom. The molecule has 2 aliphatic rings. The average Bonchev–Trinajstić information content (AvgIpc) is 3.17. The molecule has 168 valence electrons. The van der Waals surface area contributed by atoms with E-state index in [1.54, 1.807) is 34.6 Å². The summed E-state index contributed by atoms with van der Waals surface area (Å²) in [6, 6.07) is 20.2. The molecule has 4 aromatic rings. The number of hydrogen-bond donors (Lipinski definition) is 3. The number of fused-ring (bicyclic) bond motifs is 3. The molecular weight excluding hydrogens is 450 g/mol. The van der Waals surface area contributed by atoms with Crippen molar-refractivity contribution in [3.8, 4) is 5.69 Å². The molecule has 0 fully saturated rings. The van der Waals surface area contributed by atoms with E-state index in [0.29, 0.717) is 17.1 Å². The molecule has 6 rings (SSSR count). The first-order chi connectivity index (χ1) is 16.5. The van der Waals surface area contributed by atoms with Crippen LogP contribution in [0.4, 0.5) is 22.9 Å². The summed E-state index contributed by atoms with van der Waals surface area (Å²) >= 11 is 1.71. The van der Waals surface area contributed by atoms with Crippen molar-refractivity contribution < 1.29 is 4.92 Å². The number of nitrogens with one attached hydrogen (secondary N) is 2. The third-order valence-electron chi connectivity index (χ3n) is 5.91. The maximum atomic E-state index is 11.7. The molecule has 9 nitrogen and oxygen atoms in total. The second-order valence-electron chi connectivity index (χ2n) is 8.02. The number of anilines is 3. The number of nitro groups is 1. The Labute approximate surface area is 198 Å². The first-order valence-corrected chi connectivity index (χ1v) is 11.4. The summed E-state index contributed by atoms with van der Waals surface area (Å²) in [5, 5.41) is 23.1. The second-order valence-corrected chi connectivity index (χ2v) is 9.10. The van der Waals surface area contributed by atoms with Gasteiger partial charge < -0.3 is 16.4 Å². The SMILES string of the molecule is Cc1nn(-c2ccc3c(c2)Nc2ccccc2S3)c2c1C(c1ccccc1[N+](=O)[O-])N=C(N)N2. The van der Waals surface area contributed by atoms with Crippen molar-refractivity contribution in [2.24, 2.45) is 10.7 Å². The lowest BCUT2D eigenvalue weighted by molar-refractivity contribution is -0.385.